The fourth-order valence-electron chi connectivity index (χ4n) is 2.61. The van der Waals surface area contributed by atoms with Crippen LogP contribution < -0.4 is 10.1 Å². The Morgan fingerprint density at radius 2 is 2.18 bits per heavy atom. The number of hydrogen-bond acceptors (Lipinski definition) is 3. The second kappa shape index (κ2) is 7.14. The largest absolute Gasteiger partial charge is 0.492 e. The van der Waals surface area contributed by atoms with Crippen molar-refractivity contribution in [3.05, 3.63) is 29.8 Å². The lowest BCUT2D eigenvalue weighted by Gasteiger charge is -2.28. The van der Waals surface area contributed by atoms with Gasteiger partial charge in [-0.3, -0.25) is 4.79 Å². The predicted molar refractivity (Wildman–Crippen MR) is 86.8 cm³/mol. The van der Waals surface area contributed by atoms with Crippen LogP contribution >= 0.6 is 0 Å². The minimum Gasteiger partial charge on any atom is -0.492 e. The van der Waals surface area contributed by atoms with Crippen LogP contribution in [0.2, 0.25) is 0 Å². The van der Waals surface area contributed by atoms with Crippen LogP contribution in [0.3, 0.4) is 0 Å². The Morgan fingerprint density at radius 3 is 2.91 bits per heavy atom. The lowest BCUT2D eigenvalue weighted by Crippen LogP contribution is -2.45. The van der Waals surface area contributed by atoms with Crippen LogP contribution in [0.15, 0.2) is 24.3 Å². The van der Waals surface area contributed by atoms with Gasteiger partial charge < -0.3 is 15.2 Å². The number of fused-ring (bicyclic) bond motifs is 1. The Morgan fingerprint density at radius 1 is 1.45 bits per heavy atom. The molecule has 2 N–H and O–H groups in total. The highest BCUT2D eigenvalue weighted by molar-refractivity contribution is 5.79. The Balaban J connectivity index is 1.83. The van der Waals surface area contributed by atoms with Crippen molar-refractivity contribution < 1.29 is 14.6 Å². The summed E-state index contributed by atoms with van der Waals surface area (Å²) in [5.74, 6) is 1.19. The summed E-state index contributed by atoms with van der Waals surface area (Å²) in [6.45, 7) is 6.73. The van der Waals surface area contributed by atoms with Gasteiger partial charge in [-0.05, 0) is 43.7 Å². The zero-order valence-corrected chi connectivity index (χ0v) is 13.8. The Bertz CT molecular complexity index is 511. The quantitative estimate of drug-likeness (QED) is 0.849. The van der Waals surface area contributed by atoms with Gasteiger partial charge in [0, 0.05) is 6.54 Å². The molecule has 0 spiro atoms. The third-order valence-electron chi connectivity index (χ3n) is 4.15. The number of nitrogens with one attached hydrogen (secondary N) is 1. The van der Waals surface area contributed by atoms with E-state index >= 15 is 0 Å². The summed E-state index contributed by atoms with van der Waals surface area (Å²) in [7, 11) is 0. The second-order valence-electron chi connectivity index (χ2n) is 6.97. The fourth-order valence-corrected chi connectivity index (χ4v) is 2.61. The number of amides is 1. The van der Waals surface area contributed by atoms with Gasteiger partial charge in [0.2, 0.25) is 5.91 Å². The van der Waals surface area contributed by atoms with Gasteiger partial charge in [-0.25, -0.2) is 0 Å². The van der Waals surface area contributed by atoms with Crippen molar-refractivity contribution in [3.63, 3.8) is 0 Å². The summed E-state index contributed by atoms with van der Waals surface area (Å²) in [6.07, 6.45) is 2.33. The molecule has 4 nitrogen and oxygen atoms in total. The van der Waals surface area contributed by atoms with Gasteiger partial charge in [-0.15, -0.1) is 0 Å². The van der Waals surface area contributed by atoms with E-state index < -0.39 is 5.60 Å². The first-order valence-corrected chi connectivity index (χ1v) is 8.08. The van der Waals surface area contributed by atoms with Gasteiger partial charge in [0.25, 0.3) is 0 Å². The molecule has 1 aliphatic rings. The average molecular weight is 305 g/mol. The molecule has 2 atom stereocenters. The summed E-state index contributed by atoms with van der Waals surface area (Å²) < 4.78 is 5.64. The third-order valence-corrected chi connectivity index (χ3v) is 4.15. The fraction of sp³-hybridized carbons (Fsp3) is 0.611. The van der Waals surface area contributed by atoms with Crippen molar-refractivity contribution in [2.45, 2.75) is 45.6 Å². The molecule has 122 valence electrons. The van der Waals surface area contributed by atoms with Crippen LogP contribution in [0.25, 0.3) is 0 Å². The highest BCUT2D eigenvalue weighted by Crippen LogP contribution is 2.27. The van der Waals surface area contributed by atoms with Gasteiger partial charge in [-0.2, -0.15) is 0 Å². The standard InChI is InChI=1S/C18H27NO3/c1-13(2)8-9-18(3,21)12-19-17(20)15-10-14-6-4-5-7-16(14)22-11-15/h4-7,13,15,21H,8-12H2,1-3H3,(H,19,20). The topological polar surface area (TPSA) is 58.6 Å². The molecule has 0 fully saturated rings. The lowest BCUT2D eigenvalue weighted by atomic mass is 9.93. The van der Waals surface area contributed by atoms with E-state index in [1.807, 2.05) is 24.3 Å². The Labute approximate surface area is 132 Å². The minimum absolute atomic E-state index is 0.0423. The summed E-state index contributed by atoms with van der Waals surface area (Å²) in [4.78, 5) is 12.3. The molecule has 0 saturated heterocycles. The summed E-state index contributed by atoms with van der Waals surface area (Å²) >= 11 is 0. The molecule has 22 heavy (non-hydrogen) atoms. The molecule has 1 aliphatic heterocycles. The third kappa shape index (κ3) is 4.73. The maximum atomic E-state index is 12.3. The van der Waals surface area contributed by atoms with E-state index in [4.69, 9.17) is 4.74 Å². The SMILES string of the molecule is CC(C)CCC(C)(O)CNC(=O)C1COc2ccccc2C1. The van der Waals surface area contributed by atoms with Gasteiger partial charge in [-0.1, -0.05) is 32.0 Å². The maximum Gasteiger partial charge on any atom is 0.226 e. The molecule has 0 saturated carbocycles. The highest BCUT2D eigenvalue weighted by atomic mass is 16.5. The van der Waals surface area contributed by atoms with Crippen LogP contribution in [0.4, 0.5) is 0 Å². The average Bonchev–Trinajstić information content (AvgIpc) is 2.50. The Hall–Kier alpha value is -1.55. The van der Waals surface area contributed by atoms with E-state index in [1.165, 1.54) is 0 Å². The van der Waals surface area contributed by atoms with Crippen molar-refractivity contribution >= 4 is 5.91 Å². The van der Waals surface area contributed by atoms with Gasteiger partial charge in [0.15, 0.2) is 0 Å². The molecule has 2 unspecified atom stereocenters. The molecule has 1 amide bonds. The van der Waals surface area contributed by atoms with Gasteiger partial charge in [0.1, 0.15) is 12.4 Å². The number of benzene rings is 1. The van der Waals surface area contributed by atoms with Crippen LogP contribution in [0, 0.1) is 11.8 Å². The molecule has 0 bridgehead atoms. The number of hydrogen-bond donors (Lipinski definition) is 2. The van der Waals surface area contributed by atoms with E-state index in [0.29, 0.717) is 25.4 Å². The van der Waals surface area contributed by atoms with E-state index in [2.05, 4.69) is 19.2 Å². The molecular weight excluding hydrogens is 278 g/mol. The van der Waals surface area contributed by atoms with E-state index in [-0.39, 0.29) is 18.4 Å². The van der Waals surface area contributed by atoms with Crippen molar-refractivity contribution in [2.75, 3.05) is 13.2 Å². The number of ether oxygens (including phenoxy) is 1. The van der Waals surface area contributed by atoms with E-state index in [1.54, 1.807) is 6.92 Å². The highest BCUT2D eigenvalue weighted by Gasteiger charge is 2.28. The smallest absolute Gasteiger partial charge is 0.226 e. The maximum absolute atomic E-state index is 12.3. The first kappa shape index (κ1) is 16.8. The zero-order valence-electron chi connectivity index (χ0n) is 13.8. The number of rotatable bonds is 6. The van der Waals surface area contributed by atoms with Crippen molar-refractivity contribution in [3.8, 4) is 5.75 Å². The van der Waals surface area contributed by atoms with Crippen molar-refractivity contribution in [1.82, 2.24) is 5.32 Å². The number of aliphatic hydroxyl groups is 1. The number of carbonyl (C=O) groups is 1. The molecule has 0 radical (unpaired) electrons. The zero-order chi connectivity index (χ0) is 16.2. The first-order chi connectivity index (χ1) is 10.4. The normalized spacial score (nSPS) is 20.0. The first-order valence-electron chi connectivity index (χ1n) is 8.08. The molecule has 1 heterocycles. The molecule has 2 rings (SSSR count). The molecule has 4 heteroatoms. The molecule has 1 aromatic carbocycles. The summed E-state index contributed by atoms with van der Waals surface area (Å²) in [5.41, 5.74) is 0.216. The van der Waals surface area contributed by atoms with Crippen LogP contribution in [-0.4, -0.2) is 29.8 Å². The minimum atomic E-state index is -0.854. The van der Waals surface area contributed by atoms with Crippen molar-refractivity contribution in [1.29, 1.82) is 0 Å². The van der Waals surface area contributed by atoms with Crippen LogP contribution in [-0.2, 0) is 11.2 Å². The molecular formula is C18H27NO3. The predicted octanol–water partition coefficient (Wildman–Crippen LogP) is 2.54. The molecule has 1 aromatic rings. The number of para-hydroxylation sites is 1. The van der Waals surface area contributed by atoms with Crippen LogP contribution in [0.5, 0.6) is 5.75 Å². The monoisotopic (exact) mass is 305 g/mol. The van der Waals surface area contributed by atoms with Crippen LogP contribution in [0.1, 0.15) is 39.2 Å². The van der Waals surface area contributed by atoms with Gasteiger partial charge >= 0.3 is 0 Å². The molecule has 0 aliphatic carbocycles. The summed E-state index contributed by atoms with van der Waals surface area (Å²) in [6, 6.07) is 7.82. The van der Waals surface area contributed by atoms with Crippen molar-refractivity contribution in [2.24, 2.45) is 11.8 Å². The summed E-state index contributed by atoms with van der Waals surface area (Å²) in [5, 5.41) is 13.2. The number of carbonyl (C=O) groups excluding carboxylic acids is 1. The second-order valence-corrected chi connectivity index (χ2v) is 6.97. The van der Waals surface area contributed by atoms with E-state index in [0.717, 1.165) is 17.7 Å². The lowest BCUT2D eigenvalue weighted by molar-refractivity contribution is -0.127. The Kier molecular flexibility index (Phi) is 5.46. The van der Waals surface area contributed by atoms with E-state index in [9.17, 15) is 9.90 Å². The molecule has 0 aromatic heterocycles. The van der Waals surface area contributed by atoms with Gasteiger partial charge in [0.05, 0.1) is 11.5 Å².